The van der Waals surface area contributed by atoms with Gasteiger partial charge >= 0.3 is 5.97 Å². The molecule has 2 rings (SSSR count). The number of aryl methyl sites for hydroxylation is 1. The number of halogens is 1. The van der Waals surface area contributed by atoms with E-state index in [1.807, 2.05) is 6.07 Å². The second kappa shape index (κ2) is 4.99. The number of carboxylic acids is 1. The van der Waals surface area contributed by atoms with E-state index >= 15 is 0 Å². The first kappa shape index (κ1) is 12.3. The van der Waals surface area contributed by atoms with Crippen molar-refractivity contribution in [2.24, 2.45) is 0 Å². The molecule has 0 saturated heterocycles. The third kappa shape index (κ3) is 2.56. The maximum atomic E-state index is 11.0. The molecule has 0 spiro atoms. The van der Waals surface area contributed by atoms with Crippen LogP contribution in [0, 0.1) is 0 Å². The highest BCUT2D eigenvalue weighted by molar-refractivity contribution is 7.16. The summed E-state index contributed by atoms with van der Waals surface area (Å²) in [5.41, 5.74) is 1.68. The average molecular weight is 268 g/mol. The zero-order chi connectivity index (χ0) is 12.4. The highest BCUT2D eigenvalue weighted by Gasteiger charge is 2.10. The summed E-state index contributed by atoms with van der Waals surface area (Å²) in [6.07, 6.45) is 1.67. The molecule has 0 fully saturated rings. The summed E-state index contributed by atoms with van der Waals surface area (Å²) in [7, 11) is 2.63. The molecule has 88 valence electrons. The van der Waals surface area contributed by atoms with Crippen LogP contribution in [0.1, 0.15) is 16.1 Å². The summed E-state index contributed by atoms with van der Waals surface area (Å²) < 4.78 is 0. The monoisotopic (exact) mass is 267 g/mol. The predicted octanol–water partition coefficient (Wildman–Crippen LogP) is 3.00. The van der Waals surface area contributed by atoms with Gasteiger partial charge in [0, 0.05) is 10.4 Å². The molecule has 1 aromatic heterocycles. The third-order valence-electron chi connectivity index (χ3n) is 2.49. The Labute approximate surface area is 106 Å². The third-order valence-corrected chi connectivity index (χ3v) is 3.01. The lowest BCUT2D eigenvalue weighted by Gasteiger charge is -2.07. The number of aromatic nitrogens is 1. The number of pyridine rings is 1. The van der Waals surface area contributed by atoms with E-state index in [0.29, 0.717) is 10.5 Å². The summed E-state index contributed by atoms with van der Waals surface area (Å²) in [5.74, 6) is -1.02. The van der Waals surface area contributed by atoms with E-state index < -0.39 is 5.97 Å². The molecule has 3 nitrogen and oxygen atoms in total. The minimum atomic E-state index is -1.02. The van der Waals surface area contributed by atoms with Crippen molar-refractivity contribution in [2.45, 2.75) is 6.42 Å². The summed E-state index contributed by atoms with van der Waals surface area (Å²) in [6.45, 7) is 0. The number of rotatable bonds is 3. The Morgan fingerprint density at radius 1 is 1.41 bits per heavy atom. The Morgan fingerprint density at radius 2 is 2.18 bits per heavy atom. The van der Waals surface area contributed by atoms with Gasteiger partial charge in [-0.05, 0) is 36.3 Å². The average Bonchev–Trinajstić information content (AvgIpc) is 2.28. The van der Waals surface area contributed by atoms with Crippen molar-refractivity contribution in [3.63, 3.8) is 0 Å². The molecule has 1 N–H and O–H groups in total. The first-order chi connectivity index (χ1) is 8.11. The first-order valence-corrected chi connectivity index (χ1v) is 6.34. The van der Waals surface area contributed by atoms with Crippen LogP contribution in [0.5, 0.6) is 0 Å². The molecule has 2 aromatic rings. The molecule has 0 amide bonds. The fraction of sp³-hybridized carbons (Fsp3) is 0.167. The maximum absolute atomic E-state index is 11.0. The second-order valence-corrected chi connectivity index (χ2v) is 4.69. The molecule has 0 aliphatic carbocycles. The molecular weight excluding hydrogens is 257 g/mol. The molecule has 0 aliphatic heterocycles. The molecule has 1 aromatic carbocycles. The van der Waals surface area contributed by atoms with Crippen molar-refractivity contribution in [1.29, 1.82) is 0 Å². The number of carboxylic acid groups (broad SMARTS) is 1. The van der Waals surface area contributed by atoms with Crippen molar-refractivity contribution >= 4 is 37.7 Å². The van der Waals surface area contributed by atoms with E-state index in [0.717, 1.165) is 23.5 Å². The number of nitrogens with zero attached hydrogens (tertiary/aromatic N) is 1. The maximum Gasteiger partial charge on any atom is 0.354 e. The van der Waals surface area contributed by atoms with Crippen LogP contribution in [0.15, 0.2) is 24.3 Å². The lowest BCUT2D eigenvalue weighted by atomic mass is 10.1. The second-order valence-electron chi connectivity index (χ2n) is 3.67. The molecular formula is C12H11ClNO2P. The summed E-state index contributed by atoms with van der Waals surface area (Å²) in [4.78, 5) is 15.1. The van der Waals surface area contributed by atoms with Crippen LogP contribution in [-0.2, 0) is 6.42 Å². The van der Waals surface area contributed by atoms with Crippen molar-refractivity contribution in [3.05, 3.63) is 40.5 Å². The molecule has 5 heteroatoms. The van der Waals surface area contributed by atoms with Crippen LogP contribution in [0.4, 0.5) is 0 Å². The molecule has 0 bridgehead atoms. The normalized spacial score (nSPS) is 10.7. The fourth-order valence-electron chi connectivity index (χ4n) is 1.75. The molecule has 0 saturated carbocycles. The van der Waals surface area contributed by atoms with Crippen molar-refractivity contribution < 1.29 is 9.90 Å². The summed E-state index contributed by atoms with van der Waals surface area (Å²) >= 11 is 5.89. The van der Waals surface area contributed by atoms with E-state index in [1.54, 1.807) is 18.2 Å². The molecule has 17 heavy (non-hydrogen) atoms. The van der Waals surface area contributed by atoms with Gasteiger partial charge in [0.25, 0.3) is 0 Å². The minimum Gasteiger partial charge on any atom is -0.477 e. The van der Waals surface area contributed by atoms with E-state index in [9.17, 15) is 4.79 Å². The summed E-state index contributed by atoms with van der Waals surface area (Å²) in [5, 5.41) is 10.5. The highest BCUT2D eigenvalue weighted by Crippen LogP contribution is 2.23. The first-order valence-electron chi connectivity index (χ1n) is 5.14. The van der Waals surface area contributed by atoms with Gasteiger partial charge in [0.05, 0.1) is 5.52 Å². The molecule has 1 unspecified atom stereocenters. The Balaban J connectivity index is 2.71. The number of hydrogen-bond donors (Lipinski definition) is 1. The Hall–Kier alpha value is -1.18. The van der Waals surface area contributed by atoms with Gasteiger partial charge in [-0.2, -0.15) is 0 Å². The van der Waals surface area contributed by atoms with Crippen LogP contribution >= 0.6 is 20.8 Å². The number of hydrogen-bond acceptors (Lipinski definition) is 2. The van der Waals surface area contributed by atoms with Gasteiger partial charge in [0.1, 0.15) is 5.69 Å². The van der Waals surface area contributed by atoms with Gasteiger partial charge in [0.15, 0.2) is 0 Å². The van der Waals surface area contributed by atoms with Crippen molar-refractivity contribution in [1.82, 2.24) is 4.98 Å². The Morgan fingerprint density at radius 3 is 2.82 bits per heavy atom. The van der Waals surface area contributed by atoms with Crippen LogP contribution in [-0.4, -0.2) is 22.2 Å². The highest BCUT2D eigenvalue weighted by atomic mass is 35.5. The van der Waals surface area contributed by atoms with Crippen LogP contribution in [0.2, 0.25) is 5.02 Å². The largest absolute Gasteiger partial charge is 0.477 e. The Kier molecular flexibility index (Phi) is 3.60. The molecule has 1 atom stereocenters. The van der Waals surface area contributed by atoms with Crippen LogP contribution < -0.4 is 0 Å². The molecule has 1 heterocycles. The zero-order valence-electron chi connectivity index (χ0n) is 8.98. The van der Waals surface area contributed by atoms with E-state index in [-0.39, 0.29) is 5.69 Å². The number of benzene rings is 1. The van der Waals surface area contributed by atoms with Crippen molar-refractivity contribution in [3.8, 4) is 0 Å². The predicted molar refractivity (Wildman–Crippen MR) is 72.0 cm³/mol. The minimum absolute atomic E-state index is 0.0632. The quantitative estimate of drug-likeness (QED) is 0.870. The number of carbonyl (C=O) groups is 1. The topological polar surface area (TPSA) is 50.2 Å². The van der Waals surface area contributed by atoms with Gasteiger partial charge in [0.2, 0.25) is 0 Å². The van der Waals surface area contributed by atoms with Gasteiger partial charge < -0.3 is 5.11 Å². The molecule has 0 aliphatic rings. The number of fused-ring (bicyclic) bond motifs is 1. The van der Waals surface area contributed by atoms with Gasteiger partial charge in [-0.15, -0.1) is 9.24 Å². The van der Waals surface area contributed by atoms with Crippen molar-refractivity contribution in [2.75, 3.05) is 6.16 Å². The van der Waals surface area contributed by atoms with Gasteiger partial charge in [-0.25, -0.2) is 9.78 Å². The number of aromatic carboxylic acids is 1. The standard InChI is InChI=1S/C12H11ClNO2P/c13-8-1-2-9-7(3-4-17)5-11(12(15)16)14-10(9)6-8/h1-2,5-6H,3-4,17H2,(H,15,16). The summed E-state index contributed by atoms with van der Waals surface area (Å²) in [6, 6.07) is 6.99. The van der Waals surface area contributed by atoms with Crippen LogP contribution in [0.3, 0.4) is 0 Å². The van der Waals surface area contributed by atoms with Gasteiger partial charge in [-0.3, -0.25) is 0 Å². The SMILES string of the molecule is O=C(O)c1cc(CCP)c2ccc(Cl)cc2n1. The van der Waals surface area contributed by atoms with Crippen LogP contribution in [0.25, 0.3) is 10.9 Å². The fourth-order valence-corrected chi connectivity index (χ4v) is 2.22. The van der Waals surface area contributed by atoms with E-state index in [2.05, 4.69) is 14.2 Å². The van der Waals surface area contributed by atoms with E-state index in [1.165, 1.54) is 0 Å². The van der Waals surface area contributed by atoms with E-state index in [4.69, 9.17) is 16.7 Å². The lowest BCUT2D eigenvalue weighted by molar-refractivity contribution is 0.0691. The smallest absolute Gasteiger partial charge is 0.354 e. The molecule has 0 radical (unpaired) electrons. The lowest BCUT2D eigenvalue weighted by Crippen LogP contribution is -2.03. The zero-order valence-corrected chi connectivity index (χ0v) is 10.9. The Bertz CT molecular complexity index is 586. The van der Waals surface area contributed by atoms with Gasteiger partial charge in [-0.1, -0.05) is 17.7 Å².